The zero-order valence-electron chi connectivity index (χ0n) is 37.2. The summed E-state index contributed by atoms with van der Waals surface area (Å²) in [6.07, 6.45) is -0.0741. The second kappa shape index (κ2) is 24.3. The van der Waals surface area contributed by atoms with Crippen molar-refractivity contribution in [1.82, 2.24) is 9.13 Å². The minimum absolute atomic E-state index is 0. The number of hydrogen-bond acceptors (Lipinski definition) is 8. The van der Waals surface area contributed by atoms with E-state index in [1.165, 1.54) is 24.3 Å². The Hall–Kier alpha value is -2.78. The Morgan fingerprint density at radius 2 is 0.969 bits per heavy atom. The van der Waals surface area contributed by atoms with Crippen molar-refractivity contribution in [2.75, 3.05) is 12.3 Å². The summed E-state index contributed by atoms with van der Waals surface area (Å²) < 4.78 is 56.6. The first-order valence-electron chi connectivity index (χ1n) is 20.7. The summed E-state index contributed by atoms with van der Waals surface area (Å²) in [6, 6.07) is 12.2. The number of carbonyl (C=O) groups excluding carboxylic acids is 2. The number of nitrogens with zero attached hydrogens (tertiary/aromatic N) is 2. The molecule has 0 spiro atoms. The van der Waals surface area contributed by atoms with E-state index in [0.29, 0.717) is 11.1 Å². The van der Waals surface area contributed by atoms with Crippen molar-refractivity contribution in [3.05, 3.63) is 94.1 Å². The van der Waals surface area contributed by atoms with Crippen LogP contribution in [0.1, 0.15) is 112 Å². The van der Waals surface area contributed by atoms with Crippen LogP contribution in [0.2, 0.25) is 0 Å². The molecule has 4 heterocycles. The van der Waals surface area contributed by atoms with Crippen molar-refractivity contribution >= 4 is 26.7 Å². The minimum Gasteiger partial charge on any atom is -0.550 e. The SMILES string of the molecule is CC(C)c1c(C#CP(=O)(O)C[C@@H](O)CC(=O)[O-])c(-c2ccc(F)cc2)c2n1CCCC2.CC(C)c1c(C#CP(=O)(O)C[C@@H](O)CC(=O)[O-])c(-c2ccc(F)cc2)c2n1CCCC2.[Na+].[Na+]. The molecule has 0 bridgehead atoms. The molecule has 0 aliphatic carbocycles. The molecule has 332 valence electrons. The third-order valence-electron chi connectivity index (χ3n) is 10.7. The van der Waals surface area contributed by atoms with Gasteiger partial charge < -0.3 is 48.9 Å². The molecule has 4 aromatic rings. The van der Waals surface area contributed by atoms with Crippen LogP contribution in [0.25, 0.3) is 22.3 Å². The summed E-state index contributed by atoms with van der Waals surface area (Å²) in [5.74, 6) is 2.25. The third kappa shape index (κ3) is 14.6. The van der Waals surface area contributed by atoms with Gasteiger partial charge in [-0.1, -0.05) is 63.8 Å². The molecule has 2 aromatic heterocycles. The van der Waals surface area contributed by atoms with Crippen LogP contribution in [0.15, 0.2) is 48.5 Å². The maximum absolute atomic E-state index is 13.5. The van der Waals surface area contributed by atoms with Gasteiger partial charge in [-0.05, 0) is 97.1 Å². The van der Waals surface area contributed by atoms with E-state index in [-0.39, 0.29) is 82.6 Å². The predicted molar refractivity (Wildman–Crippen MR) is 228 cm³/mol. The number of carboxylic acids is 2. The van der Waals surface area contributed by atoms with Crippen molar-refractivity contribution in [2.24, 2.45) is 0 Å². The molecule has 64 heavy (non-hydrogen) atoms. The van der Waals surface area contributed by atoms with Crippen LogP contribution in [0, 0.1) is 34.8 Å². The molecule has 0 fully saturated rings. The Bertz CT molecular complexity index is 2340. The summed E-state index contributed by atoms with van der Waals surface area (Å²) in [6.45, 7) is 9.75. The number of rotatable bonds is 12. The zero-order chi connectivity index (χ0) is 45.5. The fraction of sp³-hybridized carbons (Fsp3) is 0.435. The molecule has 2 aromatic carbocycles. The van der Waals surface area contributed by atoms with Gasteiger partial charge in [0.05, 0.1) is 35.7 Å². The number of aromatic nitrogens is 2. The number of carboxylic acid groups (broad SMARTS) is 2. The largest absolute Gasteiger partial charge is 1.00 e. The second-order valence-electron chi connectivity index (χ2n) is 16.4. The van der Waals surface area contributed by atoms with Gasteiger partial charge in [-0.25, -0.2) is 8.78 Å². The van der Waals surface area contributed by atoms with Crippen molar-refractivity contribution < 1.29 is 117 Å². The van der Waals surface area contributed by atoms with Gasteiger partial charge in [-0.15, -0.1) is 0 Å². The van der Waals surface area contributed by atoms with E-state index >= 15 is 0 Å². The predicted octanol–water partition coefficient (Wildman–Crippen LogP) is -0.324. The van der Waals surface area contributed by atoms with E-state index in [1.807, 2.05) is 27.7 Å². The fourth-order valence-electron chi connectivity index (χ4n) is 8.30. The Morgan fingerprint density at radius 1 is 0.641 bits per heavy atom. The topological polar surface area (TPSA) is 205 Å². The Kier molecular flexibility index (Phi) is 21.1. The molecule has 4 N–H and O–H groups in total. The summed E-state index contributed by atoms with van der Waals surface area (Å²) in [7, 11) is -8.24. The van der Waals surface area contributed by atoms with E-state index < -0.39 is 64.0 Å². The van der Waals surface area contributed by atoms with E-state index in [0.717, 1.165) is 96.6 Å². The van der Waals surface area contributed by atoms with Gasteiger partial charge in [0.1, 0.15) is 11.6 Å². The van der Waals surface area contributed by atoms with E-state index in [4.69, 9.17) is 0 Å². The molecule has 2 unspecified atom stereocenters. The maximum Gasteiger partial charge on any atom is 1.00 e. The van der Waals surface area contributed by atoms with Crippen molar-refractivity contribution in [2.45, 2.75) is 116 Å². The van der Waals surface area contributed by atoms with Crippen LogP contribution in [-0.2, 0) is 44.7 Å². The maximum atomic E-state index is 13.5. The molecule has 0 saturated heterocycles. The molecule has 12 nitrogen and oxygen atoms in total. The van der Waals surface area contributed by atoms with Crippen LogP contribution in [0.3, 0.4) is 0 Å². The van der Waals surface area contributed by atoms with Crippen molar-refractivity contribution in [1.29, 1.82) is 0 Å². The van der Waals surface area contributed by atoms with E-state index in [2.05, 4.69) is 32.3 Å². The first-order valence-corrected chi connectivity index (χ1v) is 24.3. The number of aliphatic hydroxyl groups is 2. The molecule has 6 rings (SSSR count). The Labute approximate surface area is 417 Å². The van der Waals surface area contributed by atoms with Gasteiger partial charge in [-0.3, -0.25) is 9.13 Å². The standard InChI is InChI=1S/2C23H27FNO5P.2Na/c2*1-15(2)23-19(10-12-31(29,30)14-18(26)13-21(27)28)22(16-6-8-17(24)9-7-16)20-5-3-4-11-25(20)23;;/h2*6-9,15,18,26H,3-5,11,13-14H2,1-2H3,(H,27,28)(H,29,30);;/q;;2*+1/p-2/t2*18-;;/m00../s1. The minimum atomic E-state index is -4.12. The molecule has 0 amide bonds. The normalized spacial score (nSPS) is 15.7. The van der Waals surface area contributed by atoms with Gasteiger partial charge in [0.25, 0.3) is 14.7 Å². The summed E-state index contributed by atoms with van der Waals surface area (Å²) in [5.41, 5.74) is 13.4. The van der Waals surface area contributed by atoms with E-state index in [9.17, 15) is 57.7 Å². The first-order chi connectivity index (χ1) is 29.2. The number of fused-ring (bicyclic) bond motifs is 2. The van der Waals surface area contributed by atoms with Crippen LogP contribution in [0.4, 0.5) is 8.78 Å². The molecule has 4 atom stereocenters. The summed E-state index contributed by atoms with van der Waals surface area (Å²) in [4.78, 5) is 41.7. The monoisotopic (exact) mass is 938 g/mol. The average molecular weight is 939 g/mol. The van der Waals surface area contributed by atoms with E-state index in [1.54, 1.807) is 24.3 Å². The van der Waals surface area contributed by atoms with Crippen LogP contribution >= 0.6 is 14.7 Å². The molecule has 2 aliphatic rings. The zero-order valence-corrected chi connectivity index (χ0v) is 43.0. The van der Waals surface area contributed by atoms with Gasteiger partial charge in [-0.2, -0.15) is 0 Å². The summed E-state index contributed by atoms with van der Waals surface area (Å²) in [5, 5.41) is 40.7. The number of carbonyl (C=O) groups is 2. The molecular weight excluding hydrogens is 886 g/mol. The van der Waals surface area contributed by atoms with Crippen LogP contribution < -0.4 is 69.3 Å². The van der Waals surface area contributed by atoms with Crippen molar-refractivity contribution in [3.63, 3.8) is 0 Å². The first kappa shape index (κ1) is 55.5. The number of hydrogen-bond donors (Lipinski definition) is 4. The van der Waals surface area contributed by atoms with Gasteiger partial charge in [0, 0.05) is 71.8 Å². The molecule has 0 saturated carbocycles. The number of halogens is 2. The number of aliphatic carboxylic acids is 2. The van der Waals surface area contributed by atoms with Crippen LogP contribution in [0.5, 0.6) is 0 Å². The van der Waals surface area contributed by atoms with Crippen molar-refractivity contribution in [3.8, 4) is 45.4 Å². The molecule has 18 heteroatoms. The van der Waals surface area contributed by atoms with Gasteiger partial charge >= 0.3 is 59.1 Å². The number of benzene rings is 2. The fourth-order valence-corrected chi connectivity index (χ4v) is 10.5. The molecule has 2 aliphatic heterocycles. The quantitative estimate of drug-likeness (QED) is 0.0828. The smallest absolute Gasteiger partial charge is 0.550 e. The van der Waals surface area contributed by atoms with Gasteiger partial charge in [0.2, 0.25) is 0 Å². The summed E-state index contributed by atoms with van der Waals surface area (Å²) >= 11 is 0. The second-order valence-corrected chi connectivity index (χ2v) is 20.4. The molecular formula is C46H52F2N2Na2O10P2. The average Bonchev–Trinajstić information content (AvgIpc) is 3.69. The van der Waals surface area contributed by atoms with Gasteiger partial charge in [0.15, 0.2) is 0 Å². The third-order valence-corrected chi connectivity index (χ3v) is 13.5. The Balaban J connectivity index is 0.000000330. The molecule has 0 radical (unpaired) electrons. The Morgan fingerprint density at radius 3 is 1.27 bits per heavy atom. The van der Waals surface area contributed by atoms with Crippen LogP contribution in [-0.4, -0.2) is 65.6 Å². The number of aliphatic hydroxyl groups excluding tert-OH is 2.